The zero-order valence-corrected chi connectivity index (χ0v) is 13.9. The Kier molecular flexibility index (Phi) is 4.75. The second-order valence-corrected chi connectivity index (χ2v) is 6.24. The minimum Gasteiger partial charge on any atom is -0.435 e. The van der Waals surface area contributed by atoms with Crippen LogP contribution in [-0.4, -0.2) is 29.8 Å². The second kappa shape index (κ2) is 6.78. The molecule has 3 rings (SSSR count). The highest BCUT2D eigenvalue weighted by Gasteiger charge is 2.30. The molecule has 1 aromatic carbocycles. The summed E-state index contributed by atoms with van der Waals surface area (Å²) in [4.78, 5) is 18.6. The summed E-state index contributed by atoms with van der Waals surface area (Å²) in [6.45, 7) is -2.20. The molecule has 122 valence electrons. The molecule has 1 amide bonds. The van der Waals surface area contributed by atoms with E-state index in [4.69, 9.17) is 0 Å². The molecular weight excluding hydrogens is 370 g/mol. The summed E-state index contributed by atoms with van der Waals surface area (Å²) in [5.41, 5.74) is 0.908. The molecule has 0 unspecified atom stereocenters. The third-order valence-corrected chi connectivity index (χ3v) is 4.51. The molecule has 1 fully saturated rings. The van der Waals surface area contributed by atoms with Crippen LogP contribution in [0.4, 0.5) is 8.78 Å². The normalized spacial score (nSPS) is 19.8. The number of benzene rings is 1. The van der Waals surface area contributed by atoms with Crippen LogP contribution in [0, 0.1) is 0 Å². The number of ether oxygens (including phenoxy) is 1. The van der Waals surface area contributed by atoms with E-state index in [0.29, 0.717) is 22.3 Å². The molecule has 23 heavy (non-hydrogen) atoms. The smallest absolute Gasteiger partial charge is 0.387 e. The number of hydrogen-bond donors (Lipinski definition) is 0. The van der Waals surface area contributed by atoms with Gasteiger partial charge in [-0.1, -0.05) is 22.4 Å². The Bertz CT molecular complexity index is 689. The van der Waals surface area contributed by atoms with Gasteiger partial charge in [-0.25, -0.2) is 4.99 Å². The Morgan fingerprint density at radius 2 is 2.13 bits per heavy atom. The number of rotatable bonds is 3. The first-order valence-corrected chi connectivity index (χ1v) is 8.19. The predicted octanol–water partition coefficient (Wildman–Crippen LogP) is 4.21. The van der Waals surface area contributed by atoms with Crippen molar-refractivity contribution in [3.63, 3.8) is 0 Å². The van der Waals surface area contributed by atoms with Gasteiger partial charge in [0, 0.05) is 17.4 Å². The first-order chi connectivity index (χ1) is 11.0. The summed E-state index contributed by atoms with van der Waals surface area (Å²) in [6, 6.07) is 4.50. The lowest BCUT2D eigenvalue weighted by Crippen LogP contribution is -2.31. The van der Waals surface area contributed by atoms with Crippen molar-refractivity contribution in [1.82, 2.24) is 4.90 Å². The maximum absolute atomic E-state index is 12.4. The van der Waals surface area contributed by atoms with Crippen LogP contribution >= 0.6 is 15.9 Å². The van der Waals surface area contributed by atoms with Gasteiger partial charge < -0.3 is 4.74 Å². The number of halogens is 3. The molecule has 1 aromatic rings. The van der Waals surface area contributed by atoms with E-state index < -0.39 is 6.61 Å². The van der Waals surface area contributed by atoms with Gasteiger partial charge in [0.15, 0.2) is 0 Å². The van der Waals surface area contributed by atoms with Crippen LogP contribution in [0.1, 0.15) is 31.2 Å². The van der Waals surface area contributed by atoms with E-state index >= 15 is 0 Å². The Morgan fingerprint density at radius 1 is 1.30 bits per heavy atom. The number of hydrogen-bond acceptors (Lipinski definition) is 3. The Morgan fingerprint density at radius 3 is 2.91 bits per heavy atom. The summed E-state index contributed by atoms with van der Waals surface area (Å²) in [5.74, 6) is 0.714. The van der Waals surface area contributed by atoms with Crippen molar-refractivity contribution < 1.29 is 18.3 Å². The fraction of sp³-hybridized carbons (Fsp3) is 0.375. The molecule has 1 saturated heterocycles. The SMILES string of the molecule is O=C1/C(=C/c2cc(OC(F)F)ccc2Br)N=C2CCCCCN12. The van der Waals surface area contributed by atoms with Gasteiger partial charge in [-0.15, -0.1) is 0 Å². The van der Waals surface area contributed by atoms with Crippen molar-refractivity contribution in [3.8, 4) is 5.75 Å². The minimum atomic E-state index is -2.89. The summed E-state index contributed by atoms with van der Waals surface area (Å²) in [6.07, 6.45) is 5.49. The van der Waals surface area contributed by atoms with E-state index in [-0.39, 0.29) is 11.7 Å². The third-order valence-electron chi connectivity index (χ3n) is 3.79. The average Bonchev–Trinajstić information content (AvgIpc) is 2.67. The van der Waals surface area contributed by atoms with Gasteiger partial charge >= 0.3 is 6.61 Å². The van der Waals surface area contributed by atoms with Crippen LogP contribution in [0.3, 0.4) is 0 Å². The number of aliphatic imine (C=N–C) groups is 1. The van der Waals surface area contributed by atoms with Gasteiger partial charge in [0.2, 0.25) is 0 Å². The van der Waals surface area contributed by atoms with Crippen LogP contribution in [0.5, 0.6) is 5.75 Å². The van der Waals surface area contributed by atoms with Gasteiger partial charge in [0.05, 0.1) is 0 Å². The lowest BCUT2D eigenvalue weighted by Gasteiger charge is -2.14. The highest BCUT2D eigenvalue weighted by atomic mass is 79.9. The van der Waals surface area contributed by atoms with Crippen molar-refractivity contribution in [2.24, 2.45) is 4.99 Å². The molecule has 0 spiro atoms. The number of carbonyl (C=O) groups excluding carboxylic acids is 1. The van der Waals surface area contributed by atoms with Crippen molar-refractivity contribution >= 4 is 33.7 Å². The van der Waals surface area contributed by atoms with Crippen molar-refractivity contribution in [2.75, 3.05) is 6.54 Å². The van der Waals surface area contributed by atoms with E-state index in [1.165, 1.54) is 12.1 Å². The number of nitrogens with zero attached hydrogens (tertiary/aromatic N) is 2. The molecule has 0 bridgehead atoms. The first-order valence-electron chi connectivity index (χ1n) is 7.40. The largest absolute Gasteiger partial charge is 0.435 e. The molecule has 0 aliphatic carbocycles. The van der Waals surface area contributed by atoms with Gasteiger partial charge in [-0.3, -0.25) is 9.69 Å². The van der Waals surface area contributed by atoms with Crippen molar-refractivity contribution in [3.05, 3.63) is 33.9 Å². The van der Waals surface area contributed by atoms with Crippen LogP contribution in [-0.2, 0) is 4.79 Å². The molecule has 2 heterocycles. The first kappa shape index (κ1) is 16.1. The molecule has 2 aliphatic heterocycles. The zero-order chi connectivity index (χ0) is 16.4. The quantitative estimate of drug-likeness (QED) is 0.732. The fourth-order valence-electron chi connectivity index (χ4n) is 2.70. The maximum atomic E-state index is 12.4. The molecule has 0 radical (unpaired) electrons. The van der Waals surface area contributed by atoms with Crippen LogP contribution in [0.25, 0.3) is 6.08 Å². The van der Waals surface area contributed by atoms with Gasteiger partial charge in [0.25, 0.3) is 5.91 Å². The lowest BCUT2D eigenvalue weighted by atomic mass is 10.1. The predicted molar refractivity (Wildman–Crippen MR) is 86.4 cm³/mol. The van der Waals surface area contributed by atoms with Gasteiger partial charge in [-0.2, -0.15) is 8.78 Å². The molecule has 4 nitrogen and oxygen atoms in total. The lowest BCUT2D eigenvalue weighted by molar-refractivity contribution is -0.122. The van der Waals surface area contributed by atoms with E-state index in [9.17, 15) is 13.6 Å². The topological polar surface area (TPSA) is 41.9 Å². The van der Waals surface area contributed by atoms with E-state index in [1.54, 1.807) is 17.0 Å². The standard InChI is InChI=1S/C16H15BrF2N2O2/c17-12-6-5-11(23-16(18)19)8-10(12)9-13-15(22)21-7-3-1-2-4-14(21)20-13/h5-6,8-9,16H,1-4,7H2/b13-9-. The van der Waals surface area contributed by atoms with Crippen molar-refractivity contribution in [2.45, 2.75) is 32.3 Å². The molecule has 7 heteroatoms. The summed E-state index contributed by atoms with van der Waals surface area (Å²) in [7, 11) is 0. The highest BCUT2D eigenvalue weighted by Crippen LogP contribution is 2.29. The van der Waals surface area contributed by atoms with E-state index in [0.717, 1.165) is 31.5 Å². The third kappa shape index (κ3) is 3.60. The number of fused-ring (bicyclic) bond motifs is 1. The monoisotopic (exact) mass is 384 g/mol. The van der Waals surface area contributed by atoms with Crippen LogP contribution < -0.4 is 4.74 Å². The molecule has 2 aliphatic rings. The highest BCUT2D eigenvalue weighted by molar-refractivity contribution is 9.10. The maximum Gasteiger partial charge on any atom is 0.387 e. The molecule has 0 N–H and O–H groups in total. The zero-order valence-electron chi connectivity index (χ0n) is 12.3. The molecule has 0 saturated carbocycles. The number of amides is 1. The summed E-state index contributed by atoms with van der Waals surface area (Å²) >= 11 is 3.35. The number of alkyl halides is 2. The van der Waals surface area contributed by atoms with Crippen LogP contribution in [0.2, 0.25) is 0 Å². The van der Waals surface area contributed by atoms with Crippen LogP contribution in [0.15, 0.2) is 33.4 Å². The van der Waals surface area contributed by atoms with Crippen molar-refractivity contribution in [1.29, 1.82) is 0 Å². The van der Waals surface area contributed by atoms with E-state index in [1.807, 2.05) is 0 Å². The fourth-order valence-corrected chi connectivity index (χ4v) is 3.06. The Hall–Kier alpha value is -1.76. The molecule has 0 aromatic heterocycles. The number of amidine groups is 1. The Labute approximate surface area is 141 Å². The van der Waals surface area contributed by atoms with Gasteiger partial charge in [-0.05, 0) is 42.7 Å². The summed E-state index contributed by atoms with van der Waals surface area (Å²) < 4.78 is 29.7. The summed E-state index contributed by atoms with van der Waals surface area (Å²) in [5, 5.41) is 0. The Balaban J connectivity index is 1.91. The number of carbonyl (C=O) groups is 1. The van der Waals surface area contributed by atoms with Gasteiger partial charge in [0.1, 0.15) is 17.3 Å². The average molecular weight is 385 g/mol. The minimum absolute atomic E-state index is 0.0441. The molecular formula is C16H15BrF2N2O2. The second-order valence-electron chi connectivity index (χ2n) is 5.39. The molecule has 0 atom stereocenters. The van der Waals surface area contributed by atoms with E-state index in [2.05, 4.69) is 25.7 Å².